The average Bonchev–Trinajstić information content (AvgIpc) is 3.24. The quantitative estimate of drug-likeness (QED) is 0.456. The molecule has 0 aliphatic carbocycles. The fourth-order valence-electron chi connectivity index (χ4n) is 3.62. The van der Waals surface area contributed by atoms with Crippen molar-refractivity contribution in [1.29, 1.82) is 5.26 Å². The molecule has 9 nitrogen and oxygen atoms in total. The molecule has 4 rings (SSSR count). The monoisotopic (exact) mass is 457 g/mol. The van der Waals surface area contributed by atoms with Crippen LogP contribution < -0.4 is 10.6 Å². The number of halogens is 1. The van der Waals surface area contributed by atoms with E-state index in [1.807, 2.05) is 13.8 Å². The van der Waals surface area contributed by atoms with Crippen LogP contribution in [-0.2, 0) is 11.2 Å². The summed E-state index contributed by atoms with van der Waals surface area (Å²) in [5.74, 6) is -1.40. The lowest BCUT2D eigenvalue weighted by molar-refractivity contribution is -0.116. The second kappa shape index (κ2) is 9.46. The number of nitriles is 1. The zero-order valence-corrected chi connectivity index (χ0v) is 18.5. The van der Waals surface area contributed by atoms with Gasteiger partial charge in [0.1, 0.15) is 23.1 Å². The molecule has 10 heteroatoms. The summed E-state index contributed by atoms with van der Waals surface area (Å²) in [5.41, 5.74) is 3.74. The maximum Gasteiger partial charge on any atom is 0.274 e. The Kier molecular flexibility index (Phi) is 6.27. The standard InChI is InChI=1S/C24H20FN7O2/c1-14-18(15(2)32-23(29-14)16(12-26)13-28-32)7-9-22(33)30-21-11-17(25)6-8-19(21)31-24(34)20-5-3-4-10-27-20/h3-6,8,10-11,13H,7,9H2,1-2H3,(H,30,33)(H,31,34). The predicted octanol–water partition coefficient (Wildman–Crippen LogP) is 3.58. The van der Waals surface area contributed by atoms with E-state index in [0.29, 0.717) is 23.3 Å². The van der Waals surface area contributed by atoms with E-state index in [1.54, 1.807) is 22.7 Å². The number of anilines is 2. The van der Waals surface area contributed by atoms with Crippen molar-refractivity contribution in [3.05, 3.63) is 82.8 Å². The molecule has 3 heterocycles. The molecule has 0 unspecified atom stereocenters. The molecule has 0 saturated heterocycles. The van der Waals surface area contributed by atoms with Crippen LogP contribution in [0.4, 0.5) is 15.8 Å². The van der Waals surface area contributed by atoms with Crippen LogP contribution >= 0.6 is 0 Å². The van der Waals surface area contributed by atoms with E-state index in [9.17, 15) is 19.2 Å². The van der Waals surface area contributed by atoms with Crippen LogP contribution in [0.5, 0.6) is 0 Å². The summed E-state index contributed by atoms with van der Waals surface area (Å²) in [4.78, 5) is 33.6. The van der Waals surface area contributed by atoms with Gasteiger partial charge in [-0.25, -0.2) is 13.9 Å². The smallest absolute Gasteiger partial charge is 0.274 e. The summed E-state index contributed by atoms with van der Waals surface area (Å²) >= 11 is 0. The molecule has 0 radical (unpaired) electrons. The van der Waals surface area contributed by atoms with E-state index < -0.39 is 11.7 Å². The highest BCUT2D eigenvalue weighted by Gasteiger charge is 2.16. The molecule has 0 aliphatic rings. The van der Waals surface area contributed by atoms with Crippen LogP contribution in [0.15, 0.2) is 48.8 Å². The van der Waals surface area contributed by atoms with Crippen molar-refractivity contribution in [2.75, 3.05) is 10.6 Å². The summed E-state index contributed by atoms with van der Waals surface area (Å²) in [6.45, 7) is 3.66. The zero-order valence-electron chi connectivity index (χ0n) is 18.5. The highest BCUT2D eigenvalue weighted by atomic mass is 19.1. The molecule has 0 fully saturated rings. The summed E-state index contributed by atoms with van der Waals surface area (Å²) in [5, 5.41) is 18.7. The molecule has 0 atom stereocenters. The molecular weight excluding hydrogens is 437 g/mol. The number of aryl methyl sites for hydroxylation is 2. The number of rotatable bonds is 6. The molecule has 0 bridgehead atoms. The van der Waals surface area contributed by atoms with Gasteiger partial charge >= 0.3 is 0 Å². The van der Waals surface area contributed by atoms with E-state index in [0.717, 1.165) is 17.3 Å². The molecule has 170 valence electrons. The third kappa shape index (κ3) is 4.59. The number of fused-ring (bicyclic) bond motifs is 1. The molecule has 0 aliphatic heterocycles. The Balaban J connectivity index is 1.49. The van der Waals surface area contributed by atoms with Crippen LogP contribution in [0, 0.1) is 31.0 Å². The van der Waals surface area contributed by atoms with E-state index in [4.69, 9.17) is 0 Å². The molecule has 34 heavy (non-hydrogen) atoms. The van der Waals surface area contributed by atoms with E-state index in [-0.39, 0.29) is 29.4 Å². The first kappa shape index (κ1) is 22.5. The van der Waals surface area contributed by atoms with E-state index >= 15 is 0 Å². The van der Waals surface area contributed by atoms with Crippen LogP contribution in [-0.4, -0.2) is 31.4 Å². The number of nitrogens with zero attached hydrogens (tertiary/aromatic N) is 5. The fourth-order valence-corrected chi connectivity index (χ4v) is 3.62. The van der Waals surface area contributed by atoms with Gasteiger partial charge in [-0.3, -0.25) is 14.6 Å². The largest absolute Gasteiger partial charge is 0.324 e. The summed E-state index contributed by atoms with van der Waals surface area (Å²) < 4.78 is 15.5. The second-order valence-corrected chi connectivity index (χ2v) is 7.57. The highest BCUT2D eigenvalue weighted by molar-refractivity contribution is 6.06. The SMILES string of the molecule is Cc1nc2c(C#N)cnn2c(C)c1CCC(=O)Nc1cc(F)ccc1NC(=O)c1ccccn1. The molecule has 3 aromatic heterocycles. The maximum absolute atomic E-state index is 13.9. The second-order valence-electron chi connectivity index (χ2n) is 7.57. The van der Waals surface area contributed by atoms with Crippen molar-refractivity contribution in [2.24, 2.45) is 0 Å². The normalized spacial score (nSPS) is 10.6. The Morgan fingerprint density at radius 3 is 2.71 bits per heavy atom. The number of carbonyl (C=O) groups is 2. The number of carbonyl (C=O) groups excluding carboxylic acids is 2. The Morgan fingerprint density at radius 2 is 1.97 bits per heavy atom. The number of hydrogen-bond donors (Lipinski definition) is 2. The number of aromatic nitrogens is 4. The first-order chi connectivity index (χ1) is 16.4. The first-order valence-corrected chi connectivity index (χ1v) is 10.4. The highest BCUT2D eigenvalue weighted by Crippen LogP contribution is 2.24. The van der Waals surface area contributed by atoms with Crippen molar-refractivity contribution in [1.82, 2.24) is 19.6 Å². The van der Waals surface area contributed by atoms with Crippen LogP contribution in [0.3, 0.4) is 0 Å². The lowest BCUT2D eigenvalue weighted by atomic mass is 10.1. The average molecular weight is 457 g/mol. The maximum atomic E-state index is 13.9. The third-order valence-electron chi connectivity index (χ3n) is 5.33. The van der Waals surface area contributed by atoms with E-state index in [1.165, 1.54) is 24.5 Å². The van der Waals surface area contributed by atoms with E-state index in [2.05, 4.69) is 31.8 Å². The van der Waals surface area contributed by atoms with Gasteiger partial charge in [-0.15, -0.1) is 0 Å². The van der Waals surface area contributed by atoms with Crippen molar-refractivity contribution >= 4 is 28.8 Å². The molecule has 4 aromatic rings. The van der Waals surface area contributed by atoms with Gasteiger partial charge < -0.3 is 10.6 Å². The summed E-state index contributed by atoms with van der Waals surface area (Å²) in [6.07, 6.45) is 3.39. The van der Waals surface area contributed by atoms with Gasteiger partial charge in [-0.1, -0.05) is 6.07 Å². The van der Waals surface area contributed by atoms with Crippen LogP contribution in [0.2, 0.25) is 0 Å². The van der Waals surface area contributed by atoms with Crippen LogP contribution in [0.25, 0.3) is 5.65 Å². The molecule has 2 N–H and O–H groups in total. The minimum Gasteiger partial charge on any atom is -0.324 e. The van der Waals surface area contributed by atoms with Crippen molar-refractivity contribution in [2.45, 2.75) is 26.7 Å². The van der Waals surface area contributed by atoms with Crippen molar-refractivity contribution < 1.29 is 14.0 Å². The van der Waals surface area contributed by atoms with Crippen molar-refractivity contribution in [3.63, 3.8) is 0 Å². The molecule has 0 saturated carbocycles. The van der Waals surface area contributed by atoms with Gasteiger partial charge in [0.15, 0.2) is 5.65 Å². The molecular formula is C24H20FN7O2. The Hall–Kier alpha value is -4.65. The first-order valence-electron chi connectivity index (χ1n) is 10.4. The number of amides is 2. The summed E-state index contributed by atoms with van der Waals surface area (Å²) in [7, 11) is 0. The molecule has 1 aromatic carbocycles. The molecule has 0 spiro atoms. The summed E-state index contributed by atoms with van der Waals surface area (Å²) in [6, 6.07) is 10.7. The predicted molar refractivity (Wildman–Crippen MR) is 123 cm³/mol. The fraction of sp³-hybridized carbons (Fsp3) is 0.167. The van der Waals surface area contributed by atoms with Gasteiger partial charge in [0.25, 0.3) is 5.91 Å². The topological polar surface area (TPSA) is 125 Å². The van der Waals surface area contributed by atoms with Gasteiger partial charge in [-0.2, -0.15) is 10.4 Å². The number of nitrogens with one attached hydrogen (secondary N) is 2. The Bertz CT molecular complexity index is 1440. The van der Waals surface area contributed by atoms with Gasteiger partial charge in [0, 0.05) is 24.0 Å². The third-order valence-corrected chi connectivity index (χ3v) is 5.33. The zero-order chi connectivity index (χ0) is 24.2. The molecule has 2 amide bonds. The van der Waals surface area contributed by atoms with Gasteiger partial charge in [0.2, 0.25) is 5.91 Å². The minimum atomic E-state index is -0.556. The Labute approximate surface area is 194 Å². The van der Waals surface area contributed by atoms with Gasteiger partial charge in [-0.05, 0) is 56.2 Å². The Morgan fingerprint density at radius 1 is 1.15 bits per heavy atom. The van der Waals surface area contributed by atoms with Gasteiger partial charge in [0.05, 0.1) is 17.6 Å². The number of benzene rings is 1. The lowest BCUT2D eigenvalue weighted by Crippen LogP contribution is -2.18. The van der Waals surface area contributed by atoms with Crippen LogP contribution in [0.1, 0.15) is 39.4 Å². The van der Waals surface area contributed by atoms with Crippen molar-refractivity contribution in [3.8, 4) is 6.07 Å². The number of hydrogen-bond acceptors (Lipinski definition) is 6. The number of pyridine rings is 1. The lowest BCUT2D eigenvalue weighted by Gasteiger charge is -2.14. The minimum absolute atomic E-state index is 0.0887.